The second-order valence-electron chi connectivity index (χ2n) is 9.29. The van der Waals surface area contributed by atoms with Crippen LogP contribution in [0, 0.1) is 0 Å². The topological polar surface area (TPSA) is 20.2 Å². The Balaban J connectivity index is 3.18. The molecule has 29 heavy (non-hydrogen) atoms. The number of aliphatic hydroxyl groups is 1. The van der Waals surface area contributed by atoms with Crippen molar-refractivity contribution in [2.24, 2.45) is 0 Å². The highest BCUT2D eigenvalue weighted by Crippen LogP contribution is 2.15. The summed E-state index contributed by atoms with van der Waals surface area (Å²) in [5.41, 5.74) is 0. The molecule has 1 unspecified atom stereocenters. The third-order valence-corrected chi connectivity index (χ3v) is 6.19. The van der Waals surface area contributed by atoms with Gasteiger partial charge in [-0.1, -0.05) is 135 Å². The van der Waals surface area contributed by atoms with Gasteiger partial charge in [-0.05, 0) is 38.5 Å². The Hall–Kier alpha value is -0.300. The van der Waals surface area contributed by atoms with E-state index in [1.807, 2.05) is 0 Å². The molecule has 0 rings (SSSR count). The zero-order valence-corrected chi connectivity index (χ0v) is 20.4. The predicted molar refractivity (Wildman–Crippen MR) is 133 cm³/mol. The van der Waals surface area contributed by atoms with E-state index in [9.17, 15) is 5.11 Å². The minimum atomic E-state index is -0.0417. The maximum absolute atomic E-state index is 10.1. The molecule has 1 nitrogen and oxygen atoms in total. The second kappa shape index (κ2) is 25.7. The third kappa shape index (κ3) is 25.7. The first-order valence-electron chi connectivity index (χ1n) is 13.6. The van der Waals surface area contributed by atoms with Crippen LogP contribution in [0.4, 0.5) is 0 Å². The van der Waals surface area contributed by atoms with E-state index in [1.54, 1.807) is 0 Å². The number of hydrogen-bond acceptors (Lipinski definition) is 1. The van der Waals surface area contributed by atoms with E-state index in [4.69, 9.17) is 0 Å². The van der Waals surface area contributed by atoms with Crippen LogP contribution in [-0.2, 0) is 0 Å². The van der Waals surface area contributed by atoms with Gasteiger partial charge in [-0.15, -0.1) is 0 Å². The standard InChI is InChI=1S/C28H56O/c1-3-5-7-9-11-13-14-15-16-17-18-19-21-23-25-27-28(29)26-24-22-20-12-10-8-6-4-2/h15-16,28-29H,3-14,17-27H2,1-2H3. The van der Waals surface area contributed by atoms with Gasteiger partial charge >= 0.3 is 0 Å². The highest BCUT2D eigenvalue weighted by molar-refractivity contribution is 4.81. The molecule has 0 radical (unpaired) electrons. The summed E-state index contributed by atoms with van der Waals surface area (Å²) in [6, 6.07) is 0. The molecule has 0 aromatic rings. The van der Waals surface area contributed by atoms with E-state index in [2.05, 4.69) is 26.0 Å². The first-order valence-corrected chi connectivity index (χ1v) is 13.6. The summed E-state index contributed by atoms with van der Waals surface area (Å²) in [5, 5.41) is 10.1. The van der Waals surface area contributed by atoms with Gasteiger partial charge in [-0.3, -0.25) is 0 Å². The van der Waals surface area contributed by atoms with E-state index >= 15 is 0 Å². The van der Waals surface area contributed by atoms with Crippen molar-refractivity contribution in [1.82, 2.24) is 0 Å². The number of hydrogen-bond donors (Lipinski definition) is 1. The van der Waals surface area contributed by atoms with Crippen molar-refractivity contribution in [3.63, 3.8) is 0 Å². The summed E-state index contributed by atoms with van der Waals surface area (Å²) >= 11 is 0. The van der Waals surface area contributed by atoms with Crippen molar-refractivity contribution in [2.45, 2.75) is 168 Å². The Labute approximate surface area is 185 Å². The number of allylic oxidation sites excluding steroid dienone is 2. The normalized spacial score (nSPS) is 12.8. The molecule has 0 aromatic carbocycles. The molecule has 0 fully saturated rings. The van der Waals surface area contributed by atoms with Crippen molar-refractivity contribution in [1.29, 1.82) is 0 Å². The maximum atomic E-state index is 10.1. The summed E-state index contributed by atoms with van der Waals surface area (Å²) in [4.78, 5) is 0. The number of rotatable bonds is 24. The molecule has 0 amide bonds. The molecule has 0 aromatic heterocycles. The molecular formula is C28H56O. The zero-order chi connectivity index (χ0) is 21.3. The van der Waals surface area contributed by atoms with Crippen LogP contribution in [0.25, 0.3) is 0 Å². The summed E-state index contributed by atoms with van der Waals surface area (Å²) < 4.78 is 0. The van der Waals surface area contributed by atoms with Crippen LogP contribution in [0.2, 0.25) is 0 Å². The Bertz CT molecular complexity index is 309. The predicted octanol–water partition coefficient (Wildman–Crippen LogP) is 9.92. The van der Waals surface area contributed by atoms with Gasteiger partial charge in [0, 0.05) is 0 Å². The van der Waals surface area contributed by atoms with Crippen LogP contribution in [0.1, 0.15) is 162 Å². The zero-order valence-electron chi connectivity index (χ0n) is 20.4. The minimum absolute atomic E-state index is 0.0417. The van der Waals surface area contributed by atoms with Crippen molar-refractivity contribution in [3.05, 3.63) is 12.2 Å². The Kier molecular flexibility index (Phi) is 25.5. The smallest absolute Gasteiger partial charge is 0.0540 e. The molecule has 0 saturated heterocycles. The largest absolute Gasteiger partial charge is 0.393 e. The van der Waals surface area contributed by atoms with E-state index in [0.29, 0.717) is 0 Å². The lowest BCUT2D eigenvalue weighted by atomic mass is 10.0. The van der Waals surface area contributed by atoms with Gasteiger partial charge in [0.15, 0.2) is 0 Å². The molecule has 174 valence electrons. The van der Waals surface area contributed by atoms with Crippen molar-refractivity contribution in [3.8, 4) is 0 Å². The summed E-state index contributed by atoms with van der Waals surface area (Å²) in [7, 11) is 0. The van der Waals surface area contributed by atoms with Crippen molar-refractivity contribution < 1.29 is 5.11 Å². The fraction of sp³-hybridized carbons (Fsp3) is 0.929. The molecular weight excluding hydrogens is 352 g/mol. The van der Waals surface area contributed by atoms with Crippen LogP contribution >= 0.6 is 0 Å². The van der Waals surface area contributed by atoms with Gasteiger partial charge in [0.05, 0.1) is 6.10 Å². The summed E-state index contributed by atoms with van der Waals surface area (Å²) in [6.07, 6.45) is 35.2. The Morgan fingerprint density at radius 1 is 0.448 bits per heavy atom. The maximum Gasteiger partial charge on any atom is 0.0540 e. The quantitative estimate of drug-likeness (QED) is 0.124. The monoisotopic (exact) mass is 408 g/mol. The van der Waals surface area contributed by atoms with Gasteiger partial charge in [0.25, 0.3) is 0 Å². The lowest BCUT2D eigenvalue weighted by Gasteiger charge is -2.10. The fourth-order valence-corrected chi connectivity index (χ4v) is 4.11. The van der Waals surface area contributed by atoms with Crippen LogP contribution in [0.15, 0.2) is 12.2 Å². The Morgan fingerprint density at radius 2 is 0.759 bits per heavy atom. The average molecular weight is 409 g/mol. The van der Waals surface area contributed by atoms with Gasteiger partial charge in [0.1, 0.15) is 0 Å². The highest BCUT2D eigenvalue weighted by atomic mass is 16.3. The molecule has 0 heterocycles. The fourth-order valence-electron chi connectivity index (χ4n) is 4.11. The lowest BCUT2D eigenvalue weighted by molar-refractivity contribution is 0.147. The molecule has 0 aliphatic rings. The first-order chi connectivity index (χ1) is 14.3. The third-order valence-electron chi connectivity index (χ3n) is 6.19. The SMILES string of the molecule is CCCCCCCCC=CCCCCCCCC(O)CCCCCCCCCC. The molecule has 1 N–H and O–H groups in total. The molecule has 0 bridgehead atoms. The molecule has 0 aliphatic carbocycles. The summed E-state index contributed by atoms with van der Waals surface area (Å²) in [6.45, 7) is 4.56. The highest BCUT2D eigenvalue weighted by Gasteiger charge is 2.03. The van der Waals surface area contributed by atoms with E-state index in [0.717, 1.165) is 12.8 Å². The summed E-state index contributed by atoms with van der Waals surface area (Å²) in [5.74, 6) is 0. The van der Waals surface area contributed by atoms with Crippen LogP contribution in [-0.4, -0.2) is 11.2 Å². The molecule has 0 aliphatic heterocycles. The van der Waals surface area contributed by atoms with Crippen molar-refractivity contribution in [2.75, 3.05) is 0 Å². The molecule has 1 atom stereocenters. The van der Waals surface area contributed by atoms with Crippen LogP contribution in [0.3, 0.4) is 0 Å². The van der Waals surface area contributed by atoms with Crippen LogP contribution < -0.4 is 0 Å². The van der Waals surface area contributed by atoms with E-state index in [-0.39, 0.29) is 6.10 Å². The van der Waals surface area contributed by atoms with Gasteiger partial charge in [-0.25, -0.2) is 0 Å². The molecule has 0 spiro atoms. The van der Waals surface area contributed by atoms with Gasteiger partial charge in [-0.2, -0.15) is 0 Å². The van der Waals surface area contributed by atoms with Crippen molar-refractivity contribution >= 4 is 0 Å². The number of unbranched alkanes of at least 4 members (excludes halogenated alkanes) is 18. The van der Waals surface area contributed by atoms with E-state index in [1.165, 1.54) is 135 Å². The molecule has 1 heteroatoms. The van der Waals surface area contributed by atoms with Gasteiger partial charge in [0.2, 0.25) is 0 Å². The lowest BCUT2D eigenvalue weighted by Crippen LogP contribution is -2.05. The van der Waals surface area contributed by atoms with Crippen LogP contribution in [0.5, 0.6) is 0 Å². The molecule has 0 saturated carbocycles. The van der Waals surface area contributed by atoms with Gasteiger partial charge < -0.3 is 5.11 Å². The first kappa shape index (κ1) is 28.7. The second-order valence-corrected chi connectivity index (χ2v) is 9.29. The Morgan fingerprint density at radius 3 is 1.14 bits per heavy atom. The number of aliphatic hydroxyl groups excluding tert-OH is 1. The minimum Gasteiger partial charge on any atom is -0.393 e. The average Bonchev–Trinajstić information content (AvgIpc) is 2.72. The van der Waals surface area contributed by atoms with E-state index < -0.39 is 0 Å².